The third-order valence-electron chi connectivity index (χ3n) is 2.60. The van der Waals surface area contributed by atoms with E-state index in [2.05, 4.69) is 9.97 Å². The van der Waals surface area contributed by atoms with Gasteiger partial charge in [-0.15, -0.1) is 0 Å². The zero-order chi connectivity index (χ0) is 13.0. The standard InChI is InChI=1S/C13H15ClN4/c1-18(9-7-15)12-6-8-16-13(17-12)10-2-4-11(14)5-3-10/h2-6,8H,7,9,15H2,1H3. The summed E-state index contributed by atoms with van der Waals surface area (Å²) in [5, 5.41) is 0.704. The molecule has 1 heterocycles. The molecular weight excluding hydrogens is 248 g/mol. The number of benzene rings is 1. The molecule has 1 aromatic heterocycles. The molecule has 0 atom stereocenters. The van der Waals surface area contributed by atoms with Gasteiger partial charge in [-0.1, -0.05) is 11.6 Å². The van der Waals surface area contributed by atoms with E-state index in [9.17, 15) is 0 Å². The van der Waals surface area contributed by atoms with E-state index in [1.54, 1.807) is 6.20 Å². The van der Waals surface area contributed by atoms with Gasteiger partial charge in [-0.05, 0) is 30.3 Å². The first-order chi connectivity index (χ1) is 8.70. The number of halogens is 1. The molecule has 0 saturated heterocycles. The molecule has 2 N–H and O–H groups in total. The highest BCUT2D eigenvalue weighted by Crippen LogP contribution is 2.19. The summed E-state index contributed by atoms with van der Waals surface area (Å²) in [7, 11) is 1.96. The molecule has 1 aromatic carbocycles. The van der Waals surface area contributed by atoms with Crippen LogP contribution in [0, 0.1) is 0 Å². The predicted octanol–water partition coefficient (Wildman–Crippen LogP) is 2.19. The molecule has 0 aliphatic rings. The van der Waals surface area contributed by atoms with Crippen LogP contribution in [0.3, 0.4) is 0 Å². The lowest BCUT2D eigenvalue weighted by molar-refractivity contribution is 0.865. The lowest BCUT2D eigenvalue weighted by Gasteiger charge is -2.17. The minimum absolute atomic E-state index is 0.594. The molecule has 94 valence electrons. The van der Waals surface area contributed by atoms with Gasteiger partial charge in [0.25, 0.3) is 0 Å². The van der Waals surface area contributed by atoms with Crippen molar-refractivity contribution in [3.05, 3.63) is 41.6 Å². The number of nitrogens with zero attached hydrogens (tertiary/aromatic N) is 3. The molecule has 0 radical (unpaired) electrons. The first kappa shape index (κ1) is 12.8. The van der Waals surface area contributed by atoms with Gasteiger partial charge in [0, 0.05) is 36.9 Å². The molecule has 0 fully saturated rings. The molecular formula is C13H15ClN4. The number of hydrogen-bond acceptors (Lipinski definition) is 4. The Hall–Kier alpha value is -1.65. The SMILES string of the molecule is CN(CCN)c1ccnc(-c2ccc(Cl)cc2)n1. The van der Waals surface area contributed by atoms with Crippen LogP contribution >= 0.6 is 11.6 Å². The first-order valence-corrected chi connectivity index (χ1v) is 6.08. The Labute approximate surface area is 111 Å². The lowest BCUT2D eigenvalue weighted by atomic mass is 10.2. The van der Waals surface area contributed by atoms with Gasteiger partial charge in [0.1, 0.15) is 5.82 Å². The fourth-order valence-electron chi connectivity index (χ4n) is 1.61. The summed E-state index contributed by atoms with van der Waals surface area (Å²) < 4.78 is 0. The van der Waals surface area contributed by atoms with E-state index >= 15 is 0 Å². The Kier molecular flexibility index (Phi) is 4.12. The molecule has 0 unspecified atom stereocenters. The molecule has 2 rings (SSSR count). The van der Waals surface area contributed by atoms with Crippen LogP contribution in [0.25, 0.3) is 11.4 Å². The number of hydrogen-bond donors (Lipinski definition) is 1. The summed E-state index contributed by atoms with van der Waals surface area (Å²) >= 11 is 5.86. The Morgan fingerprint density at radius 2 is 1.94 bits per heavy atom. The van der Waals surface area contributed by atoms with Gasteiger partial charge in [0.05, 0.1) is 0 Å². The van der Waals surface area contributed by atoms with Crippen molar-refractivity contribution in [1.29, 1.82) is 0 Å². The van der Waals surface area contributed by atoms with Gasteiger partial charge in [-0.25, -0.2) is 9.97 Å². The van der Waals surface area contributed by atoms with E-state index in [1.165, 1.54) is 0 Å². The van der Waals surface area contributed by atoms with Crippen molar-refractivity contribution >= 4 is 17.4 Å². The summed E-state index contributed by atoms with van der Waals surface area (Å²) in [6.07, 6.45) is 1.75. The quantitative estimate of drug-likeness (QED) is 0.918. The molecule has 0 aliphatic carbocycles. The minimum Gasteiger partial charge on any atom is -0.358 e. The Balaban J connectivity index is 2.29. The first-order valence-electron chi connectivity index (χ1n) is 5.71. The maximum Gasteiger partial charge on any atom is 0.161 e. The third-order valence-corrected chi connectivity index (χ3v) is 2.85. The van der Waals surface area contributed by atoms with Crippen molar-refractivity contribution in [2.45, 2.75) is 0 Å². The van der Waals surface area contributed by atoms with E-state index in [-0.39, 0.29) is 0 Å². The molecule has 2 aromatic rings. The fourth-order valence-corrected chi connectivity index (χ4v) is 1.73. The molecule has 0 bridgehead atoms. The van der Waals surface area contributed by atoms with E-state index < -0.39 is 0 Å². The predicted molar refractivity (Wildman–Crippen MR) is 74.8 cm³/mol. The van der Waals surface area contributed by atoms with E-state index in [0.29, 0.717) is 17.4 Å². The summed E-state index contributed by atoms with van der Waals surface area (Å²) in [5.74, 6) is 1.55. The third kappa shape index (κ3) is 2.97. The number of aromatic nitrogens is 2. The highest BCUT2D eigenvalue weighted by molar-refractivity contribution is 6.30. The smallest absolute Gasteiger partial charge is 0.161 e. The normalized spacial score (nSPS) is 10.4. The summed E-state index contributed by atoms with van der Waals surface area (Å²) in [4.78, 5) is 10.8. The highest BCUT2D eigenvalue weighted by atomic mass is 35.5. The number of rotatable bonds is 4. The van der Waals surface area contributed by atoms with Crippen LogP contribution in [-0.2, 0) is 0 Å². The van der Waals surface area contributed by atoms with Crippen LogP contribution in [0.15, 0.2) is 36.5 Å². The van der Waals surface area contributed by atoms with Gasteiger partial charge >= 0.3 is 0 Å². The maximum absolute atomic E-state index is 5.86. The second kappa shape index (κ2) is 5.80. The van der Waals surface area contributed by atoms with Gasteiger partial charge in [0.15, 0.2) is 5.82 Å². The van der Waals surface area contributed by atoms with Gasteiger partial charge < -0.3 is 10.6 Å². The van der Waals surface area contributed by atoms with Crippen molar-refractivity contribution in [3.8, 4) is 11.4 Å². The van der Waals surface area contributed by atoms with E-state index in [4.69, 9.17) is 17.3 Å². The van der Waals surface area contributed by atoms with Crippen LogP contribution < -0.4 is 10.6 Å². The van der Waals surface area contributed by atoms with E-state index in [1.807, 2.05) is 42.3 Å². The zero-order valence-electron chi connectivity index (χ0n) is 10.2. The highest BCUT2D eigenvalue weighted by Gasteiger charge is 2.05. The van der Waals surface area contributed by atoms with Gasteiger partial charge in [-0.3, -0.25) is 0 Å². The minimum atomic E-state index is 0.594. The molecule has 0 amide bonds. The largest absolute Gasteiger partial charge is 0.358 e. The van der Waals surface area contributed by atoms with Crippen molar-refractivity contribution in [2.24, 2.45) is 5.73 Å². The second-order valence-corrected chi connectivity index (χ2v) is 4.39. The van der Waals surface area contributed by atoms with Crippen molar-refractivity contribution < 1.29 is 0 Å². The van der Waals surface area contributed by atoms with Crippen LogP contribution in [0.1, 0.15) is 0 Å². The summed E-state index contributed by atoms with van der Waals surface area (Å²) in [6, 6.07) is 9.34. The number of nitrogens with two attached hydrogens (primary N) is 1. The monoisotopic (exact) mass is 262 g/mol. The van der Waals surface area contributed by atoms with Crippen LogP contribution in [0.4, 0.5) is 5.82 Å². The lowest BCUT2D eigenvalue weighted by Crippen LogP contribution is -2.25. The zero-order valence-corrected chi connectivity index (χ0v) is 10.9. The number of likely N-dealkylation sites (N-methyl/N-ethyl adjacent to an activating group) is 1. The molecule has 18 heavy (non-hydrogen) atoms. The van der Waals surface area contributed by atoms with E-state index in [0.717, 1.165) is 17.9 Å². The maximum atomic E-state index is 5.86. The average molecular weight is 263 g/mol. The average Bonchev–Trinajstić information content (AvgIpc) is 2.40. The van der Waals surface area contributed by atoms with Crippen molar-refractivity contribution in [1.82, 2.24) is 9.97 Å². The fraction of sp³-hybridized carbons (Fsp3) is 0.231. The Morgan fingerprint density at radius 1 is 1.22 bits per heavy atom. The van der Waals surface area contributed by atoms with Crippen molar-refractivity contribution in [2.75, 3.05) is 25.0 Å². The molecule has 0 saturated carbocycles. The summed E-state index contributed by atoms with van der Waals surface area (Å²) in [6.45, 7) is 1.36. The topological polar surface area (TPSA) is 55.0 Å². The Morgan fingerprint density at radius 3 is 2.61 bits per heavy atom. The second-order valence-electron chi connectivity index (χ2n) is 3.96. The molecule has 4 nitrogen and oxygen atoms in total. The van der Waals surface area contributed by atoms with Gasteiger partial charge in [0.2, 0.25) is 0 Å². The van der Waals surface area contributed by atoms with Crippen molar-refractivity contribution in [3.63, 3.8) is 0 Å². The van der Waals surface area contributed by atoms with Gasteiger partial charge in [-0.2, -0.15) is 0 Å². The summed E-state index contributed by atoms with van der Waals surface area (Å²) in [5.41, 5.74) is 6.48. The van der Waals surface area contributed by atoms with Crippen LogP contribution in [0.5, 0.6) is 0 Å². The van der Waals surface area contributed by atoms with Crippen LogP contribution in [0.2, 0.25) is 5.02 Å². The Bertz CT molecular complexity index is 513. The molecule has 5 heteroatoms. The molecule has 0 aliphatic heterocycles. The molecule has 0 spiro atoms. The van der Waals surface area contributed by atoms with Crippen LogP contribution in [-0.4, -0.2) is 30.1 Å². The number of anilines is 1.